The molecule has 0 aromatic rings. The molecule has 0 saturated carbocycles. The lowest BCUT2D eigenvalue weighted by Gasteiger charge is -2.42. The fraction of sp³-hybridized carbons (Fsp3) is 1.00. The summed E-state index contributed by atoms with van der Waals surface area (Å²) < 4.78 is 26.7. The molecular weight excluding hydrogens is 538 g/mol. The number of unbranched alkanes of at least 4 members (excludes halogenated alkanes) is 1. The van der Waals surface area contributed by atoms with Crippen LogP contribution in [-0.2, 0) is 18.9 Å². The molecule has 0 aromatic carbocycles. The Morgan fingerprint density at radius 2 is 1.12 bits per heavy atom. The number of nitrogens with one attached hydrogen (secondary N) is 1. The number of nitrogens with two attached hydrogens (primary N) is 2. The Balaban J connectivity index is 5.62. The predicted octanol–water partition coefficient (Wildman–Crippen LogP) is 8.11. The van der Waals surface area contributed by atoms with Crippen LogP contribution in [0.15, 0.2) is 0 Å². The minimum atomic E-state index is -0.754. The lowest BCUT2D eigenvalue weighted by atomic mass is 9.80. The molecule has 0 rings (SSSR count). The van der Waals surface area contributed by atoms with Crippen molar-refractivity contribution >= 4 is 0 Å². The Morgan fingerprint density at radius 1 is 0.651 bits per heavy atom. The van der Waals surface area contributed by atoms with Crippen LogP contribution in [0.3, 0.4) is 0 Å². The Morgan fingerprint density at radius 3 is 1.49 bits per heavy atom. The van der Waals surface area contributed by atoms with Gasteiger partial charge in [-0.15, -0.1) is 0 Å². The van der Waals surface area contributed by atoms with E-state index < -0.39 is 5.72 Å². The van der Waals surface area contributed by atoms with Gasteiger partial charge >= 0.3 is 0 Å². The van der Waals surface area contributed by atoms with E-state index in [1.165, 1.54) is 0 Å². The lowest BCUT2D eigenvalue weighted by Crippen LogP contribution is -2.48. The van der Waals surface area contributed by atoms with Crippen molar-refractivity contribution in [3.05, 3.63) is 0 Å². The van der Waals surface area contributed by atoms with Gasteiger partial charge in [0.15, 0.2) is 0 Å². The Labute approximate surface area is 268 Å². The summed E-state index contributed by atoms with van der Waals surface area (Å²) in [5.41, 5.74) is 10.9. The molecule has 0 aliphatic rings. The van der Waals surface area contributed by atoms with Gasteiger partial charge in [-0.1, -0.05) is 47.5 Å². The molecule has 0 aromatic heterocycles. The van der Waals surface area contributed by atoms with Crippen LogP contribution in [0.1, 0.15) is 161 Å². The zero-order valence-electron chi connectivity index (χ0n) is 31.3. The summed E-state index contributed by atoms with van der Waals surface area (Å²) in [7, 11) is 2.02. The van der Waals surface area contributed by atoms with Crippen molar-refractivity contribution in [2.45, 2.75) is 207 Å². The van der Waals surface area contributed by atoms with Gasteiger partial charge in [-0.25, -0.2) is 0 Å². The molecule has 7 nitrogen and oxygen atoms in total. The van der Waals surface area contributed by atoms with Gasteiger partial charge in [0.2, 0.25) is 0 Å². The summed E-state index contributed by atoms with van der Waals surface area (Å²) >= 11 is 0. The minimum absolute atomic E-state index is 0.0127. The fourth-order valence-electron chi connectivity index (χ4n) is 6.34. The lowest BCUT2D eigenvalue weighted by molar-refractivity contribution is -0.164. The first kappa shape index (κ1) is 42.7. The third-order valence-corrected chi connectivity index (χ3v) is 9.86. The predicted molar refractivity (Wildman–Crippen MR) is 185 cm³/mol. The molecule has 9 atom stereocenters. The van der Waals surface area contributed by atoms with Gasteiger partial charge in [-0.2, -0.15) is 0 Å². The molecule has 0 fully saturated rings. The van der Waals surface area contributed by atoms with E-state index in [0.29, 0.717) is 25.7 Å². The van der Waals surface area contributed by atoms with Crippen LogP contribution < -0.4 is 16.8 Å². The quantitative estimate of drug-likeness (QED) is 0.0845. The van der Waals surface area contributed by atoms with Crippen molar-refractivity contribution in [3.63, 3.8) is 0 Å². The van der Waals surface area contributed by atoms with Gasteiger partial charge in [-0.3, -0.25) is 0 Å². The SMILES string of the molecule is CCCCC(CC)(COC(C)(CC)CC(C)OC(C)(N)CC(C)N)COC(C)(CC)CC(C)OC(C)(CC)CC(C)NC. The Bertz CT molecular complexity index is 737. The number of hydrogen-bond donors (Lipinski definition) is 3. The highest BCUT2D eigenvalue weighted by Gasteiger charge is 2.38. The maximum atomic E-state index is 6.91. The van der Waals surface area contributed by atoms with E-state index in [1.54, 1.807) is 0 Å². The fourth-order valence-corrected chi connectivity index (χ4v) is 6.34. The van der Waals surface area contributed by atoms with E-state index in [0.717, 1.165) is 64.2 Å². The third-order valence-electron chi connectivity index (χ3n) is 9.86. The molecule has 0 heterocycles. The van der Waals surface area contributed by atoms with E-state index in [-0.39, 0.29) is 40.5 Å². The van der Waals surface area contributed by atoms with Crippen LogP contribution in [-0.4, -0.2) is 67.1 Å². The zero-order chi connectivity index (χ0) is 33.5. The second kappa shape index (κ2) is 19.4. The molecule has 260 valence electrons. The summed E-state index contributed by atoms with van der Waals surface area (Å²) in [5, 5.41) is 3.37. The molecule has 0 aliphatic heterocycles. The minimum Gasteiger partial charge on any atom is -0.375 e. The molecule has 0 bridgehead atoms. The van der Waals surface area contributed by atoms with Crippen molar-refractivity contribution < 1.29 is 18.9 Å². The molecular formula is C36H77N3O4. The van der Waals surface area contributed by atoms with Gasteiger partial charge in [0.25, 0.3) is 0 Å². The Kier molecular flexibility index (Phi) is 19.3. The van der Waals surface area contributed by atoms with Crippen LogP contribution in [0.25, 0.3) is 0 Å². The van der Waals surface area contributed by atoms with Crippen molar-refractivity contribution in [3.8, 4) is 0 Å². The van der Waals surface area contributed by atoms with Crippen LogP contribution in [0.2, 0.25) is 0 Å². The normalized spacial score (nSPS) is 22.3. The van der Waals surface area contributed by atoms with Crippen molar-refractivity contribution in [1.82, 2.24) is 5.32 Å². The van der Waals surface area contributed by atoms with Gasteiger partial charge in [0, 0.05) is 36.8 Å². The van der Waals surface area contributed by atoms with Gasteiger partial charge in [0.1, 0.15) is 5.72 Å². The summed E-state index contributed by atoms with van der Waals surface area (Å²) in [6.07, 6.45) is 10.5. The van der Waals surface area contributed by atoms with E-state index in [2.05, 4.69) is 81.5 Å². The standard InChI is InChI=1S/C36H77N3O4/c1-15-20-21-36(19-5,27-41-33(11,17-3)25-31(9)43-35(13,38)22-28(6)37)26-40-32(10,16-2)24-30(8)42-34(12,18-4)23-29(7)39-14/h28-31,39H,15-27,37-38H2,1-14H3. The number of ether oxygens (including phenoxy) is 4. The van der Waals surface area contributed by atoms with E-state index in [1.807, 2.05) is 20.9 Å². The smallest absolute Gasteiger partial charge is 0.115 e. The van der Waals surface area contributed by atoms with E-state index >= 15 is 0 Å². The first-order valence-corrected chi connectivity index (χ1v) is 17.6. The van der Waals surface area contributed by atoms with Crippen LogP contribution in [0.4, 0.5) is 0 Å². The van der Waals surface area contributed by atoms with Crippen molar-refractivity contribution in [1.29, 1.82) is 0 Å². The molecule has 0 amide bonds. The van der Waals surface area contributed by atoms with Crippen molar-refractivity contribution in [2.75, 3.05) is 20.3 Å². The van der Waals surface area contributed by atoms with E-state index in [9.17, 15) is 0 Å². The molecule has 5 N–H and O–H groups in total. The highest BCUT2D eigenvalue weighted by Crippen LogP contribution is 2.37. The molecule has 0 spiro atoms. The van der Waals surface area contributed by atoms with E-state index in [4.69, 9.17) is 30.4 Å². The highest BCUT2D eigenvalue weighted by atomic mass is 16.5. The topological polar surface area (TPSA) is 101 Å². The average molecular weight is 616 g/mol. The summed E-state index contributed by atoms with van der Waals surface area (Å²) in [6, 6.07) is 0.397. The zero-order valence-corrected chi connectivity index (χ0v) is 31.3. The molecule has 43 heavy (non-hydrogen) atoms. The molecule has 0 saturated heterocycles. The second-order valence-electron chi connectivity index (χ2n) is 15.1. The Hall–Kier alpha value is -0.280. The van der Waals surface area contributed by atoms with Crippen molar-refractivity contribution in [2.24, 2.45) is 16.9 Å². The third kappa shape index (κ3) is 16.7. The van der Waals surface area contributed by atoms with Gasteiger partial charge in [0.05, 0.1) is 42.2 Å². The summed E-state index contributed by atoms with van der Waals surface area (Å²) in [6.45, 7) is 29.7. The van der Waals surface area contributed by atoms with Gasteiger partial charge in [-0.05, 0) is 101 Å². The first-order chi connectivity index (χ1) is 19.8. The van der Waals surface area contributed by atoms with Gasteiger partial charge < -0.3 is 35.7 Å². The number of hydrogen-bond acceptors (Lipinski definition) is 7. The summed E-state index contributed by atoms with van der Waals surface area (Å²) in [4.78, 5) is 0. The maximum absolute atomic E-state index is 6.91. The number of rotatable bonds is 26. The van der Waals surface area contributed by atoms with Crippen LogP contribution in [0, 0.1) is 5.41 Å². The first-order valence-electron chi connectivity index (χ1n) is 17.6. The summed E-state index contributed by atoms with van der Waals surface area (Å²) in [5.74, 6) is 0. The molecule has 7 heteroatoms. The van der Waals surface area contributed by atoms with Crippen LogP contribution in [0.5, 0.6) is 0 Å². The highest BCUT2D eigenvalue weighted by molar-refractivity contribution is 4.87. The molecule has 0 aliphatic carbocycles. The molecule has 9 unspecified atom stereocenters. The largest absolute Gasteiger partial charge is 0.375 e. The maximum Gasteiger partial charge on any atom is 0.115 e. The monoisotopic (exact) mass is 616 g/mol. The second-order valence-corrected chi connectivity index (χ2v) is 15.1. The average Bonchev–Trinajstić information content (AvgIpc) is 2.91. The molecule has 0 radical (unpaired) electrons. The van der Waals surface area contributed by atoms with Crippen LogP contribution >= 0.6 is 0 Å².